The quantitative estimate of drug-likeness (QED) is 0.325. The Hall–Kier alpha value is -3.70. The van der Waals surface area contributed by atoms with Gasteiger partial charge >= 0.3 is 0 Å². The lowest BCUT2D eigenvalue weighted by molar-refractivity contribution is 0.0963. The van der Waals surface area contributed by atoms with E-state index in [1.807, 2.05) is 23.7 Å². The van der Waals surface area contributed by atoms with Crippen LogP contribution in [0.2, 0.25) is 0 Å². The van der Waals surface area contributed by atoms with Crippen molar-refractivity contribution in [3.8, 4) is 17.6 Å². The number of methoxy groups -OCH3 is 1. The van der Waals surface area contributed by atoms with Crippen LogP contribution < -0.4 is 26.0 Å². The Kier molecular flexibility index (Phi) is 8.91. The maximum atomic E-state index is 13.5. The van der Waals surface area contributed by atoms with Crippen LogP contribution in [0.3, 0.4) is 0 Å². The van der Waals surface area contributed by atoms with Gasteiger partial charge in [0.15, 0.2) is 0 Å². The van der Waals surface area contributed by atoms with Crippen LogP contribution in [-0.2, 0) is 6.54 Å². The van der Waals surface area contributed by atoms with E-state index in [1.54, 1.807) is 32.4 Å². The first-order chi connectivity index (χ1) is 18.1. The molecule has 1 aliphatic carbocycles. The van der Waals surface area contributed by atoms with Gasteiger partial charge in [0, 0.05) is 35.8 Å². The molecule has 0 bridgehead atoms. The van der Waals surface area contributed by atoms with Gasteiger partial charge in [-0.2, -0.15) is 0 Å². The molecule has 2 aromatic carbocycles. The van der Waals surface area contributed by atoms with Gasteiger partial charge in [-0.15, -0.1) is 0 Å². The Balaban J connectivity index is 1.51. The second-order valence-electron chi connectivity index (χ2n) is 9.24. The number of nitrogens with one attached hydrogen (secondary N) is 4. The maximum Gasteiger partial charge on any atom is 0.251 e. The summed E-state index contributed by atoms with van der Waals surface area (Å²) in [5.41, 5.74) is 4.10. The van der Waals surface area contributed by atoms with E-state index in [4.69, 9.17) is 4.74 Å². The maximum absolute atomic E-state index is 13.5. The van der Waals surface area contributed by atoms with Crippen LogP contribution >= 0.6 is 0 Å². The SMILES string of the molecule is CNC(=O)c1ccc(NCC#Cc2cc3c(N[C@H]4CC[C@H](NC)CC4)cccc3n2CCF)c(OC)c1. The van der Waals surface area contributed by atoms with E-state index in [0.29, 0.717) is 29.9 Å². The average molecular weight is 506 g/mol. The van der Waals surface area contributed by atoms with E-state index >= 15 is 0 Å². The number of aryl methyl sites for hydroxylation is 1. The molecule has 4 N–H and O–H groups in total. The van der Waals surface area contributed by atoms with E-state index in [-0.39, 0.29) is 12.5 Å². The number of carbonyl (C=O) groups excluding carboxylic acids is 1. The van der Waals surface area contributed by atoms with Gasteiger partial charge in [0.2, 0.25) is 0 Å². The van der Waals surface area contributed by atoms with Crippen molar-refractivity contribution in [2.75, 3.05) is 45.1 Å². The predicted molar refractivity (Wildman–Crippen MR) is 148 cm³/mol. The monoisotopic (exact) mass is 505 g/mol. The van der Waals surface area contributed by atoms with Crippen molar-refractivity contribution in [3.05, 3.63) is 53.7 Å². The molecule has 3 aromatic rings. The zero-order chi connectivity index (χ0) is 26.2. The Bertz CT molecular complexity index is 1280. The fraction of sp³-hybridized carbons (Fsp3) is 0.414. The predicted octanol–water partition coefficient (Wildman–Crippen LogP) is 4.39. The Morgan fingerprint density at radius 1 is 1.08 bits per heavy atom. The first-order valence-corrected chi connectivity index (χ1v) is 12.8. The van der Waals surface area contributed by atoms with Crippen molar-refractivity contribution in [1.82, 2.24) is 15.2 Å². The van der Waals surface area contributed by atoms with Gasteiger partial charge in [0.25, 0.3) is 5.91 Å². The van der Waals surface area contributed by atoms with Gasteiger partial charge < -0.3 is 30.6 Å². The molecule has 1 heterocycles. The number of amides is 1. The van der Waals surface area contributed by atoms with Crippen molar-refractivity contribution in [2.45, 2.75) is 44.3 Å². The van der Waals surface area contributed by atoms with Crippen LogP contribution in [0, 0.1) is 11.8 Å². The highest BCUT2D eigenvalue weighted by Crippen LogP contribution is 2.30. The third kappa shape index (κ3) is 6.17. The summed E-state index contributed by atoms with van der Waals surface area (Å²) in [6, 6.07) is 14.4. The smallest absolute Gasteiger partial charge is 0.251 e. The number of hydrogen-bond donors (Lipinski definition) is 4. The van der Waals surface area contributed by atoms with Crippen molar-refractivity contribution >= 4 is 28.2 Å². The molecule has 0 aliphatic heterocycles. The van der Waals surface area contributed by atoms with E-state index in [1.165, 1.54) is 0 Å². The number of halogens is 1. The van der Waals surface area contributed by atoms with Crippen molar-refractivity contribution < 1.29 is 13.9 Å². The van der Waals surface area contributed by atoms with Crippen LogP contribution in [0.25, 0.3) is 10.9 Å². The van der Waals surface area contributed by atoms with Crippen LogP contribution in [0.15, 0.2) is 42.5 Å². The highest BCUT2D eigenvalue weighted by Gasteiger charge is 2.21. The number of aromatic nitrogens is 1. The Morgan fingerprint density at radius 3 is 2.57 bits per heavy atom. The summed E-state index contributed by atoms with van der Waals surface area (Å²) < 4.78 is 20.8. The van der Waals surface area contributed by atoms with E-state index < -0.39 is 6.67 Å². The summed E-state index contributed by atoms with van der Waals surface area (Å²) in [7, 11) is 5.19. The van der Waals surface area contributed by atoms with Crippen LogP contribution in [0.4, 0.5) is 15.8 Å². The minimum Gasteiger partial charge on any atom is -0.495 e. The number of ether oxygens (including phenoxy) is 1. The number of carbonyl (C=O) groups is 1. The highest BCUT2D eigenvalue weighted by atomic mass is 19.1. The molecule has 1 saturated carbocycles. The normalized spacial score (nSPS) is 17.1. The topological polar surface area (TPSA) is 79.4 Å². The second-order valence-corrected chi connectivity index (χ2v) is 9.24. The van der Waals surface area contributed by atoms with Crippen molar-refractivity contribution in [1.29, 1.82) is 0 Å². The summed E-state index contributed by atoms with van der Waals surface area (Å²) in [4.78, 5) is 11.9. The van der Waals surface area contributed by atoms with Crippen molar-refractivity contribution in [2.24, 2.45) is 0 Å². The summed E-state index contributed by atoms with van der Waals surface area (Å²) in [6.07, 6.45) is 4.57. The number of benzene rings is 2. The number of alkyl halides is 1. The van der Waals surface area contributed by atoms with E-state index in [2.05, 4.69) is 45.2 Å². The summed E-state index contributed by atoms with van der Waals surface area (Å²) in [5.74, 6) is 6.76. The Labute approximate surface area is 218 Å². The molecule has 0 spiro atoms. The lowest BCUT2D eigenvalue weighted by Crippen LogP contribution is -2.34. The minimum absolute atomic E-state index is 0.176. The molecule has 4 rings (SSSR count). The molecule has 0 saturated heterocycles. The number of rotatable bonds is 9. The van der Waals surface area contributed by atoms with Gasteiger partial charge in [-0.3, -0.25) is 4.79 Å². The number of nitrogens with zero attached hydrogens (tertiary/aromatic N) is 1. The highest BCUT2D eigenvalue weighted by molar-refractivity contribution is 5.95. The van der Waals surface area contributed by atoms with Gasteiger partial charge in [-0.25, -0.2) is 4.39 Å². The molecule has 0 atom stereocenters. The summed E-state index contributed by atoms with van der Waals surface area (Å²) in [6.45, 7) is 0.163. The average Bonchev–Trinajstić information content (AvgIpc) is 3.29. The van der Waals surface area contributed by atoms with E-state index in [9.17, 15) is 9.18 Å². The molecule has 1 fully saturated rings. The zero-order valence-electron chi connectivity index (χ0n) is 21.8. The molecular formula is C29H36FN5O2. The molecule has 7 nitrogen and oxygen atoms in total. The lowest BCUT2D eigenvalue weighted by atomic mass is 9.91. The van der Waals surface area contributed by atoms with E-state index in [0.717, 1.165) is 53.7 Å². The molecule has 1 amide bonds. The first kappa shape index (κ1) is 26.4. The van der Waals surface area contributed by atoms with Gasteiger partial charge in [-0.05, 0) is 75.0 Å². The number of fused-ring (bicyclic) bond motifs is 1. The van der Waals surface area contributed by atoms with Crippen molar-refractivity contribution in [3.63, 3.8) is 0 Å². The minimum atomic E-state index is -0.461. The first-order valence-electron chi connectivity index (χ1n) is 12.8. The summed E-state index contributed by atoms with van der Waals surface area (Å²) in [5, 5.41) is 14.0. The zero-order valence-corrected chi connectivity index (χ0v) is 21.8. The molecule has 0 unspecified atom stereocenters. The van der Waals surface area contributed by atoms with Crippen LogP contribution in [-0.4, -0.2) is 57.0 Å². The molecule has 37 heavy (non-hydrogen) atoms. The summed E-state index contributed by atoms with van der Waals surface area (Å²) >= 11 is 0. The molecule has 1 aliphatic rings. The fourth-order valence-corrected chi connectivity index (χ4v) is 4.98. The van der Waals surface area contributed by atoms with Crippen LogP contribution in [0.1, 0.15) is 41.7 Å². The number of anilines is 2. The Morgan fingerprint density at radius 2 is 1.86 bits per heavy atom. The molecule has 0 radical (unpaired) electrons. The third-order valence-electron chi connectivity index (χ3n) is 7.02. The largest absolute Gasteiger partial charge is 0.495 e. The number of hydrogen-bond acceptors (Lipinski definition) is 5. The lowest BCUT2D eigenvalue weighted by Gasteiger charge is -2.29. The fourth-order valence-electron chi connectivity index (χ4n) is 4.98. The third-order valence-corrected chi connectivity index (χ3v) is 7.02. The van der Waals surface area contributed by atoms with Crippen LogP contribution in [0.5, 0.6) is 5.75 Å². The molecule has 1 aromatic heterocycles. The molecule has 8 heteroatoms. The van der Waals surface area contributed by atoms with Gasteiger partial charge in [-0.1, -0.05) is 12.0 Å². The standard InChI is InChI=1S/C29H36FN5O2/c1-31-21-10-12-22(13-11-21)34-25-7-4-8-27-24(25)19-23(35(27)17-15-30)6-5-16-33-26-14-9-20(29(36)32-2)18-28(26)37-3/h4,7-9,14,18-19,21-22,31,33-34H,10-13,15-17H2,1-3H3,(H,32,36)/t21-,22-. The van der Waals surface area contributed by atoms with Gasteiger partial charge in [0.1, 0.15) is 12.4 Å². The second kappa shape index (κ2) is 12.5. The molecular weight excluding hydrogens is 469 g/mol. The van der Waals surface area contributed by atoms with Gasteiger partial charge in [0.05, 0.1) is 37.1 Å². The molecule has 196 valence electrons.